The predicted molar refractivity (Wildman–Crippen MR) is 290 cm³/mol. The quantitative estimate of drug-likeness (QED) is 0.148. The molecule has 0 unspecified atom stereocenters. The van der Waals surface area contributed by atoms with E-state index in [1.54, 1.807) is 12.1 Å². The summed E-state index contributed by atoms with van der Waals surface area (Å²) in [6.07, 6.45) is 0. The third-order valence-corrected chi connectivity index (χ3v) is 19.5. The van der Waals surface area contributed by atoms with Gasteiger partial charge >= 0.3 is 0 Å². The van der Waals surface area contributed by atoms with Gasteiger partial charge in [-0.25, -0.2) is 4.39 Å². The molecule has 0 aromatic heterocycles. The fraction of sp³-hybridized carbons (Fsp3) is 0.129. The molecule has 3 aliphatic rings. The monoisotopic (exact) mass is 897 g/mol. The van der Waals surface area contributed by atoms with E-state index in [1.807, 2.05) is 12.1 Å². The van der Waals surface area contributed by atoms with Crippen molar-refractivity contribution in [3.63, 3.8) is 0 Å². The Balaban J connectivity index is 1.28. The lowest BCUT2D eigenvalue weighted by Gasteiger charge is -2.51. The summed E-state index contributed by atoms with van der Waals surface area (Å²) in [7, 11) is -3.05. The maximum absolute atomic E-state index is 15.1. The van der Waals surface area contributed by atoms with Crippen LogP contribution in [0.1, 0.15) is 52.7 Å². The van der Waals surface area contributed by atoms with E-state index in [9.17, 15) is 0 Å². The Bertz CT molecular complexity index is 3270. The lowest BCUT2D eigenvalue weighted by molar-refractivity contribution is 0.569. The van der Waals surface area contributed by atoms with E-state index in [4.69, 9.17) is 0 Å². The van der Waals surface area contributed by atoms with Gasteiger partial charge < -0.3 is 14.7 Å². The summed E-state index contributed by atoms with van der Waals surface area (Å²) in [6.45, 7) is 13.9. The third kappa shape index (κ3) is 6.38. The molecule has 0 fully saturated rings. The Morgan fingerprint density at radius 3 is 1.26 bits per heavy atom. The van der Waals surface area contributed by atoms with Crippen molar-refractivity contribution in [3.8, 4) is 0 Å². The molecule has 0 saturated carbocycles. The molecule has 0 bridgehead atoms. The van der Waals surface area contributed by atoms with Crippen molar-refractivity contribution < 1.29 is 4.39 Å². The summed E-state index contributed by atoms with van der Waals surface area (Å²) >= 11 is 0. The Labute approximate surface area is 401 Å². The highest BCUT2D eigenvalue weighted by atomic mass is 28.3. The highest BCUT2D eigenvalue weighted by Gasteiger charge is 2.56. The van der Waals surface area contributed by atoms with E-state index in [0.717, 1.165) is 45.5 Å². The van der Waals surface area contributed by atoms with Crippen molar-refractivity contribution in [1.82, 2.24) is 0 Å². The van der Waals surface area contributed by atoms with Crippen LogP contribution < -0.4 is 51.8 Å². The topological polar surface area (TPSA) is 9.72 Å². The standard InChI is InChI=1S/C62H53BFN3Si/c1-61(2,3)42-37-43(62(4,5)6)39-48(38-42)67-53-30-20-32-57-60(53)63-58-54(40-49(41-55(58)67)65(45-21-11-7-12-22-45)46-23-13-8-14-24-46)66(47-35-33-44(64)34-36-47)52-29-19-31-56(59(52)63)68(57,50-25-15-9-16-26-50)51-27-17-10-18-28-51/h7-41H,1-6H3. The first-order valence-electron chi connectivity index (χ1n) is 23.9. The van der Waals surface area contributed by atoms with Crippen LogP contribution in [0.4, 0.5) is 55.6 Å². The fourth-order valence-electron chi connectivity index (χ4n) is 11.5. The van der Waals surface area contributed by atoms with Gasteiger partial charge in [0, 0.05) is 45.5 Å². The summed E-state index contributed by atoms with van der Waals surface area (Å²) in [6, 6.07) is 77.5. The smallest absolute Gasteiger partial charge is 0.251 e. The zero-order valence-corrected chi connectivity index (χ0v) is 40.5. The number of benzene rings is 9. The molecule has 3 aliphatic heterocycles. The normalized spacial score (nSPS) is 14.1. The number of hydrogen-bond donors (Lipinski definition) is 0. The number of rotatable bonds is 7. The van der Waals surface area contributed by atoms with Crippen LogP contribution in [-0.2, 0) is 10.8 Å². The van der Waals surface area contributed by atoms with Gasteiger partial charge in [-0.2, -0.15) is 0 Å². The van der Waals surface area contributed by atoms with Crippen LogP contribution in [-0.4, -0.2) is 14.8 Å². The Morgan fingerprint density at radius 1 is 0.397 bits per heavy atom. The molecule has 12 rings (SSSR count). The average molecular weight is 898 g/mol. The molecule has 0 atom stereocenters. The van der Waals surface area contributed by atoms with Crippen LogP contribution in [0.15, 0.2) is 212 Å². The van der Waals surface area contributed by atoms with E-state index in [0.29, 0.717) is 0 Å². The van der Waals surface area contributed by atoms with Crippen LogP contribution in [0, 0.1) is 5.82 Å². The van der Waals surface area contributed by atoms with E-state index < -0.39 is 8.07 Å². The van der Waals surface area contributed by atoms with Gasteiger partial charge in [-0.3, -0.25) is 0 Å². The van der Waals surface area contributed by atoms with E-state index in [-0.39, 0.29) is 23.4 Å². The molecule has 0 spiro atoms. The minimum absolute atomic E-state index is 0.0813. The summed E-state index contributed by atoms with van der Waals surface area (Å²) in [5.41, 5.74) is 16.1. The molecule has 6 heteroatoms. The molecular formula is C62H53BFN3Si. The van der Waals surface area contributed by atoms with Crippen molar-refractivity contribution in [2.24, 2.45) is 0 Å². The minimum atomic E-state index is -3.05. The molecule has 0 aliphatic carbocycles. The van der Waals surface area contributed by atoms with Gasteiger partial charge in [0.15, 0.2) is 8.07 Å². The molecule has 3 heterocycles. The Morgan fingerprint density at radius 2 is 0.824 bits per heavy atom. The highest BCUT2D eigenvalue weighted by molar-refractivity contribution is 7.27. The van der Waals surface area contributed by atoms with Gasteiger partial charge in [0.05, 0.1) is 5.69 Å². The molecular weight excluding hydrogens is 845 g/mol. The lowest BCUT2D eigenvalue weighted by atomic mass is 9.33. The van der Waals surface area contributed by atoms with Crippen LogP contribution in [0.2, 0.25) is 0 Å². The second-order valence-electron chi connectivity index (χ2n) is 20.7. The predicted octanol–water partition coefficient (Wildman–Crippen LogP) is 11.7. The second kappa shape index (κ2) is 15.6. The first-order valence-corrected chi connectivity index (χ1v) is 25.9. The summed E-state index contributed by atoms with van der Waals surface area (Å²) < 4.78 is 15.1. The first-order chi connectivity index (χ1) is 32.9. The van der Waals surface area contributed by atoms with E-state index in [2.05, 4.69) is 244 Å². The number of nitrogens with zero attached hydrogens (tertiary/aromatic N) is 3. The van der Waals surface area contributed by atoms with Crippen molar-refractivity contribution in [3.05, 3.63) is 229 Å². The molecule has 0 saturated heterocycles. The van der Waals surface area contributed by atoms with Crippen LogP contribution in [0.3, 0.4) is 0 Å². The molecule has 0 N–H and O–H groups in total. The Kier molecular flexibility index (Phi) is 9.62. The van der Waals surface area contributed by atoms with Crippen LogP contribution >= 0.6 is 0 Å². The molecule has 0 radical (unpaired) electrons. The van der Waals surface area contributed by atoms with Crippen LogP contribution in [0.25, 0.3) is 0 Å². The molecule has 68 heavy (non-hydrogen) atoms. The average Bonchev–Trinajstić information content (AvgIpc) is 3.35. The third-order valence-electron chi connectivity index (χ3n) is 14.6. The number of hydrogen-bond acceptors (Lipinski definition) is 3. The zero-order valence-electron chi connectivity index (χ0n) is 39.5. The number of para-hydroxylation sites is 2. The largest absolute Gasteiger partial charge is 0.311 e. The van der Waals surface area contributed by atoms with E-state index >= 15 is 4.39 Å². The summed E-state index contributed by atoms with van der Waals surface area (Å²) in [5.74, 6) is -0.258. The van der Waals surface area contributed by atoms with Gasteiger partial charge in [0.1, 0.15) is 5.82 Å². The molecule has 9 aromatic rings. The maximum Gasteiger partial charge on any atom is 0.251 e. The number of anilines is 9. The van der Waals surface area contributed by atoms with Gasteiger partial charge in [0.25, 0.3) is 6.71 Å². The van der Waals surface area contributed by atoms with Crippen molar-refractivity contribution in [2.75, 3.05) is 14.7 Å². The first kappa shape index (κ1) is 42.0. The summed E-state index contributed by atoms with van der Waals surface area (Å²) in [5, 5.41) is 5.51. The van der Waals surface area contributed by atoms with Gasteiger partial charge in [-0.15, -0.1) is 0 Å². The van der Waals surface area contributed by atoms with Crippen molar-refractivity contribution in [1.29, 1.82) is 0 Å². The minimum Gasteiger partial charge on any atom is -0.311 e. The fourth-order valence-corrected chi connectivity index (χ4v) is 16.8. The molecule has 0 amide bonds. The van der Waals surface area contributed by atoms with Crippen molar-refractivity contribution >= 4 is 103 Å². The van der Waals surface area contributed by atoms with Gasteiger partial charge in [0.2, 0.25) is 0 Å². The molecule has 330 valence electrons. The van der Waals surface area contributed by atoms with Crippen LogP contribution in [0.5, 0.6) is 0 Å². The van der Waals surface area contributed by atoms with Crippen molar-refractivity contribution in [2.45, 2.75) is 52.4 Å². The second-order valence-corrected chi connectivity index (χ2v) is 24.4. The molecule has 3 nitrogen and oxygen atoms in total. The number of halogens is 1. The van der Waals surface area contributed by atoms with Gasteiger partial charge in [-0.05, 0) is 144 Å². The lowest BCUT2D eigenvalue weighted by Crippen LogP contribution is -2.88. The molecule has 9 aromatic carbocycles. The Hall–Kier alpha value is -7.41. The highest BCUT2D eigenvalue weighted by Crippen LogP contribution is 2.49. The van der Waals surface area contributed by atoms with E-state index in [1.165, 1.54) is 53.9 Å². The summed E-state index contributed by atoms with van der Waals surface area (Å²) in [4.78, 5) is 7.42. The van der Waals surface area contributed by atoms with Gasteiger partial charge in [-0.1, -0.05) is 169 Å². The maximum atomic E-state index is 15.1. The SMILES string of the molecule is CC(C)(C)c1cc(N2c3cc(N(c4ccccc4)c4ccccc4)cc4c3B3c5c(cccc5[Si](c5ccccc5)(c5ccccc5)c5cccc2c53)N4c2ccc(F)cc2)cc(C(C)(C)C)c1. The zero-order chi connectivity index (χ0) is 46.5.